The molecule has 68 valence electrons. The van der Waals surface area contributed by atoms with Crippen LogP contribution < -0.4 is 0 Å². The third kappa shape index (κ3) is 2.51. The molecule has 1 rings (SSSR count). The SMILES string of the molecule is C=CCCC1=CC[C@@H](C)C(C)C1. The van der Waals surface area contributed by atoms with Crippen molar-refractivity contribution >= 4 is 0 Å². The second-order valence-electron chi connectivity index (χ2n) is 4.08. The largest absolute Gasteiger partial charge is 0.103 e. The highest BCUT2D eigenvalue weighted by Crippen LogP contribution is 2.30. The smallest absolute Gasteiger partial charge is 0.0286 e. The second kappa shape index (κ2) is 4.49. The Labute approximate surface area is 76.4 Å². The summed E-state index contributed by atoms with van der Waals surface area (Å²) < 4.78 is 0. The maximum atomic E-state index is 3.75. The van der Waals surface area contributed by atoms with Gasteiger partial charge in [0.25, 0.3) is 0 Å². The molecule has 0 nitrogen and oxygen atoms in total. The molecule has 0 heteroatoms. The van der Waals surface area contributed by atoms with E-state index in [4.69, 9.17) is 0 Å². The first-order valence-corrected chi connectivity index (χ1v) is 5.03. The van der Waals surface area contributed by atoms with Crippen molar-refractivity contribution in [3.63, 3.8) is 0 Å². The molecule has 0 heterocycles. The quantitative estimate of drug-likeness (QED) is 0.554. The molecule has 0 aromatic carbocycles. The summed E-state index contributed by atoms with van der Waals surface area (Å²) in [7, 11) is 0. The van der Waals surface area contributed by atoms with Crippen molar-refractivity contribution in [1.29, 1.82) is 0 Å². The fraction of sp³-hybridized carbons (Fsp3) is 0.667. The van der Waals surface area contributed by atoms with E-state index in [-0.39, 0.29) is 0 Å². The minimum absolute atomic E-state index is 0.884. The second-order valence-corrected chi connectivity index (χ2v) is 4.08. The molecule has 0 aromatic rings. The molecule has 0 bridgehead atoms. The van der Waals surface area contributed by atoms with Crippen LogP contribution in [0.4, 0.5) is 0 Å². The Morgan fingerprint density at radius 2 is 2.25 bits per heavy atom. The third-order valence-electron chi connectivity index (χ3n) is 3.00. The lowest BCUT2D eigenvalue weighted by atomic mass is 9.81. The summed E-state index contributed by atoms with van der Waals surface area (Å²) in [6.45, 7) is 8.47. The van der Waals surface area contributed by atoms with Crippen LogP contribution in [-0.2, 0) is 0 Å². The van der Waals surface area contributed by atoms with Gasteiger partial charge >= 0.3 is 0 Å². The van der Waals surface area contributed by atoms with Gasteiger partial charge in [-0.3, -0.25) is 0 Å². The Kier molecular flexibility index (Phi) is 3.58. The van der Waals surface area contributed by atoms with Crippen LogP contribution in [0.3, 0.4) is 0 Å². The monoisotopic (exact) mass is 164 g/mol. The molecule has 0 N–H and O–H groups in total. The predicted octanol–water partition coefficient (Wildman–Crippen LogP) is 3.95. The molecule has 0 amide bonds. The standard InChI is InChI=1S/C12H20/c1-4-5-6-12-8-7-10(2)11(3)9-12/h4,8,10-11H,1,5-7,9H2,2-3H3/t10-,11?/m1/s1. The van der Waals surface area contributed by atoms with Crippen LogP contribution in [0, 0.1) is 11.8 Å². The van der Waals surface area contributed by atoms with Gasteiger partial charge in [0.15, 0.2) is 0 Å². The average molecular weight is 164 g/mol. The number of hydrogen-bond donors (Lipinski definition) is 0. The zero-order valence-corrected chi connectivity index (χ0v) is 8.34. The van der Waals surface area contributed by atoms with E-state index in [1.165, 1.54) is 19.3 Å². The van der Waals surface area contributed by atoms with Crippen molar-refractivity contribution in [3.8, 4) is 0 Å². The van der Waals surface area contributed by atoms with Crippen LogP contribution in [-0.4, -0.2) is 0 Å². The van der Waals surface area contributed by atoms with Gasteiger partial charge in [-0.05, 0) is 37.5 Å². The zero-order valence-electron chi connectivity index (χ0n) is 8.34. The summed E-state index contributed by atoms with van der Waals surface area (Å²) >= 11 is 0. The Morgan fingerprint density at radius 1 is 1.50 bits per heavy atom. The average Bonchev–Trinajstić information content (AvgIpc) is 2.07. The van der Waals surface area contributed by atoms with Crippen molar-refractivity contribution < 1.29 is 0 Å². The topological polar surface area (TPSA) is 0 Å². The molecule has 0 fully saturated rings. The van der Waals surface area contributed by atoms with Gasteiger partial charge in [0.2, 0.25) is 0 Å². The summed E-state index contributed by atoms with van der Waals surface area (Å²) in [4.78, 5) is 0. The Balaban J connectivity index is 2.40. The van der Waals surface area contributed by atoms with Crippen molar-refractivity contribution in [2.45, 2.75) is 39.5 Å². The minimum atomic E-state index is 0.884. The minimum Gasteiger partial charge on any atom is -0.103 e. The maximum absolute atomic E-state index is 3.75. The van der Waals surface area contributed by atoms with Crippen LogP contribution in [0.15, 0.2) is 24.3 Å². The predicted molar refractivity (Wildman–Crippen MR) is 55.1 cm³/mol. The molecular weight excluding hydrogens is 144 g/mol. The maximum Gasteiger partial charge on any atom is -0.0286 e. The number of rotatable bonds is 3. The molecule has 1 unspecified atom stereocenters. The fourth-order valence-electron chi connectivity index (χ4n) is 1.77. The summed E-state index contributed by atoms with van der Waals surface area (Å²) in [6, 6.07) is 0. The van der Waals surface area contributed by atoms with Crippen molar-refractivity contribution in [2.24, 2.45) is 11.8 Å². The summed E-state index contributed by atoms with van der Waals surface area (Å²) in [5.41, 5.74) is 1.65. The van der Waals surface area contributed by atoms with Gasteiger partial charge in [-0.2, -0.15) is 0 Å². The first kappa shape index (κ1) is 9.57. The highest BCUT2D eigenvalue weighted by atomic mass is 14.2. The van der Waals surface area contributed by atoms with Crippen LogP contribution >= 0.6 is 0 Å². The zero-order chi connectivity index (χ0) is 8.97. The summed E-state index contributed by atoms with van der Waals surface area (Å²) in [5, 5.41) is 0. The van der Waals surface area contributed by atoms with E-state index < -0.39 is 0 Å². The molecule has 0 aliphatic heterocycles. The van der Waals surface area contributed by atoms with Gasteiger partial charge in [-0.1, -0.05) is 31.6 Å². The Morgan fingerprint density at radius 3 is 2.83 bits per heavy atom. The van der Waals surface area contributed by atoms with Crippen molar-refractivity contribution in [3.05, 3.63) is 24.3 Å². The molecule has 2 atom stereocenters. The van der Waals surface area contributed by atoms with Gasteiger partial charge in [0, 0.05) is 0 Å². The molecule has 12 heavy (non-hydrogen) atoms. The Bertz CT molecular complexity index is 176. The van der Waals surface area contributed by atoms with Crippen LogP contribution in [0.25, 0.3) is 0 Å². The van der Waals surface area contributed by atoms with Crippen LogP contribution in [0.1, 0.15) is 39.5 Å². The molecule has 0 saturated carbocycles. The molecule has 0 saturated heterocycles. The van der Waals surface area contributed by atoms with E-state index in [0.717, 1.165) is 18.3 Å². The molecular formula is C12H20. The number of allylic oxidation sites excluding steroid dienone is 3. The van der Waals surface area contributed by atoms with E-state index in [1.54, 1.807) is 5.57 Å². The lowest BCUT2D eigenvalue weighted by Gasteiger charge is -2.25. The molecule has 1 aliphatic rings. The van der Waals surface area contributed by atoms with Gasteiger partial charge in [0.05, 0.1) is 0 Å². The third-order valence-corrected chi connectivity index (χ3v) is 3.00. The van der Waals surface area contributed by atoms with E-state index in [2.05, 4.69) is 26.5 Å². The lowest BCUT2D eigenvalue weighted by molar-refractivity contribution is 0.365. The summed E-state index contributed by atoms with van der Waals surface area (Å²) in [5.74, 6) is 1.77. The molecule has 1 aliphatic carbocycles. The first-order chi connectivity index (χ1) is 5.74. The first-order valence-electron chi connectivity index (χ1n) is 5.03. The van der Waals surface area contributed by atoms with E-state index >= 15 is 0 Å². The normalized spacial score (nSPS) is 29.7. The van der Waals surface area contributed by atoms with E-state index in [0.29, 0.717) is 0 Å². The lowest BCUT2D eigenvalue weighted by Crippen LogP contribution is -2.12. The van der Waals surface area contributed by atoms with Gasteiger partial charge in [-0.25, -0.2) is 0 Å². The molecule has 0 aromatic heterocycles. The van der Waals surface area contributed by atoms with Crippen LogP contribution in [0.5, 0.6) is 0 Å². The Hall–Kier alpha value is -0.520. The van der Waals surface area contributed by atoms with Crippen LogP contribution in [0.2, 0.25) is 0 Å². The highest BCUT2D eigenvalue weighted by molar-refractivity contribution is 5.08. The fourth-order valence-corrected chi connectivity index (χ4v) is 1.77. The number of hydrogen-bond acceptors (Lipinski definition) is 0. The van der Waals surface area contributed by atoms with E-state index in [9.17, 15) is 0 Å². The van der Waals surface area contributed by atoms with E-state index in [1.807, 2.05) is 6.08 Å². The van der Waals surface area contributed by atoms with Crippen molar-refractivity contribution in [1.82, 2.24) is 0 Å². The van der Waals surface area contributed by atoms with Crippen molar-refractivity contribution in [2.75, 3.05) is 0 Å². The van der Waals surface area contributed by atoms with Gasteiger partial charge in [-0.15, -0.1) is 6.58 Å². The molecule has 0 spiro atoms. The summed E-state index contributed by atoms with van der Waals surface area (Å²) in [6.07, 6.45) is 9.44. The highest BCUT2D eigenvalue weighted by Gasteiger charge is 2.17. The van der Waals surface area contributed by atoms with Gasteiger partial charge in [0.1, 0.15) is 0 Å². The molecule has 0 radical (unpaired) electrons. The van der Waals surface area contributed by atoms with Gasteiger partial charge < -0.3 is 0 Å².